The normalized spacial score (nSPS) is 18.3. The summed E-state index contributed by atoms with van der Waals surface area (Å²) in [6, 6.07) is 0. The molecule has 0 spiro atoms. The van der Waals surface area contributed by atoms with E-state index in [0.717, 1.165) is 0 Å². The molecular formula is C10H15N2O2+. The Morgan fingerprint density at radius 3 is 2.29 bits per heavy atom. The predicted molar refractivity (Wildman–Crippen MR) is 54.6 cm³/mol. The summed E-state index contributed by atoms with van der Waals surface area (Å²) in [5, 5.41) is 9.54. The summed E-state index contributed by atoms with van der Waals surface area (Å²) in [4.78, 5) is 13.2. The maximum Gasteiger partial charge on any atom is 0.208 e. The highest BCUT2D eigenvalue weighted by Gasteiger charge is 2.34. The Hall–Kier alpha value is -1.58. The van der Waals surface area contributed by atoms with E-state index >= 15 is 0 Å². The third-order valence-corrected chi connectivity index (χ3v) is 1.77. The molecule has 0 heterocycles. The molecule has 76 valence electrons. The maximum absolute atomic E-state index is 11.5. The van der Waals surface area contributed by atoms with Gasteiger partial charge in [-0.05, 0) is 0 Å². The molecular weight excluding hydrogens is 180 g/mol. The number of hydrogen-bond acceptors (Lipinski definition) is 3. The Morgan fingerprint density at radius 1 is 1.36 bits per heavy atom. The van der Waals surface area contributed by atoms with Gasteiger partial charge in [0.15, 0.2) is 6.21 Å². The number of nitrogens with zero attached hydrogens (tertiary/aromatic N) is 2. The highest BCUT2D eigenvalue weighted by molar-refractivity contribution is 6.29. The van der Waals surface area contributed by atoms with Crippen LogP contribution >= 0.6 is 0 Å². The average molecular weight is 195 g/mol. The minimum atomic E-state index is -0.107. The molecule has 0 aromatic heterocycles. The number of Topliss-reactive ketones (excluding diaryl/α,β-unsaturated/α-hetero) is 1. The van der Waals surface area contributed by atoms with Gasteiger partial charge in [0.25, 0.3) is 0 Å². The number of rotatable bonds is 2. The quantitative estimate of drug-likeness (QED) is 0.388. The number of ketones is 1. The molecule has 0 radical (unpaired) electrons. The summed E-state index contributed by atoms with van der Waals surface area (Å²) < 4.78 is 1.73. The van der Waals surface area contributed by atoms with Crippen LogP contribution in [0.1, 0.15) is 0 Å². The van der Waals surface area contributed by atoms with E-state index in [1.54, 1.807) is 50.1 Å². The smallest absolute Gasteiger partial charge is 0.208 e. The Balaban J connectivity index is 3.00. The first-order chi connectivity index (χ1) is 6.43. The molecule has 0 atom stereocenters. The van der Waals surface area contributed by atoms with E-state index in [2.05, 4.69) is 0 Å². The van der Waals surface area contributed by atoms with Gasteiger partial charge in [0.1, 0.15) is 25.4 Å². The number of carbonyl (C=O) groups excluding carboxylic acids is 1. The molecule has 0 unspecified atom stereocenters. The zero-order valence-corrected chi connectivity index (χ0v) is 8.90. The lowest BCUT2D eigenvalue weighted by Gasteiger charge is -2.18. The summed E-state index contributed by atoms with van der Waals surface area (Å²) in [6.07, 6.45) is 3.23. The summed E-state index contributed by atoms with van der Waals surface area (Å²) in [7, 11) is 7.23. The molecule has 0 fully saturated rings. The minimum absolute atomic E-state index is 0.0809. The molecule has 1 N–H and O–H groups in total. The van der Waals surface area contributed by atoms with Crippen molar-refractivity contribution in [1.29, 1.82) is 0 Å². The van der Waals surface area contributed by atoms with E-state index in [1.165, 1.54) is 0 Å². The van der Waals surface area contributed by atoms with E-state index in [0.29, 0.717) is 11.1 Å². The van der Waals surface area contributed by atoms with Crippen molar-refractivity contribution in [1.82, 2.24) is 4.90 Å². The standard InChI is InChI=1S/C10H14N2O2/c1-11(2)5-7-9(13)8(10(7)14)6-12(3)4/h5-6H,1-4H3/p+1. The van der Waals surface area contributed by atoms with Crippen molar-refractivity contribution in [2.75, 3.05) is 28.2 Å². The van der Waals surface area contributed by atoms with Crippen LogP contribution in [-0.4, -0.2) is 54.8 Å². The van der Waals surface area contributed by atoms with Crippen molar-refractivity contribution in [3.8, 4) is 0 Å². The van der Waals surface area contributed by atoms with Crippen molar-refractivity contribution in [2.45, 2.75) is 0 Å². The van der Waals surface area contributed by atoms with Crippen LogP contribution in [0, 0.1) is 0 Å². The number of allylic oxidation sites excluding steroid dienone is 2. The van der Waals surface area contributed by atoms with Gasteiger partial charge >= 0.3 is 0 Å². The summed E-state index contributed by atoms with van der Waals surface area (Å²) in [5.74, 6) is -0.0256. The zero-order valence-electron chi connectivity index (χ0n) is 8.90. The lowest BCUT2D eigenvalue weighted by Crippen LogP contribution is -2.27. The first kappa shape index (κ1) is 10.5. The van der Waals surface area contributed by atoms with E-state index in [4.69, 9.17) is 0 Å². The van der Waals surface area contributed by atoms with Gasteiger partial charge < -0.3 is 10.0 Å². The monoisotopic (exact) mass is 195 g/mol. The number of hydrogen-bond donors (Lipinski definition) is 1. The fraction of sp³-hybridized carbons (Fsp3) is 0.400. The van der Waals surface area contributed by atoms with E-state index < -0.39 is 0 Å². The predicted octanol–water partition coefficient (Wildman–Crippen LogP) is 0.170. The van der Waals surface area contributed by atoms with Crippen molar-refractivity contribution >= 4 is 12.0 Å². The molecule has 0 saturated heterocycles. The third kappa shape index (κ3) is 1.84. The first-order valence-electron chi connectivity index (χ1n) is 4.31. The molecule has 4 heteroatoms. The Morgan fingerprint density at radius 2 is 1.93 bits per heavy atom. The Bertz CT molecular complexity index is 358. The van der Waals surface area contributed by atoms with Gasteiger partial charge in [-0.2, -0.15) is 0 Å². The van der Waals surface area contributed by atoms with Crippen LogP contribution in [0.15, 0.2) is 23.1 Å². The molecule has 1 aliphatic rings. The maximum atomic E-state index is 11.5. The summed E-state index contributed by atoms with van der Waals surface area (Å²) in [6.45, 7) is 0. The Kier molecular flexibility index (Phi) is 2.74. The van der Waals surface area contributed by atoms with Crippen molar-refractivity contribution in [3.63, 3.8) is 0 Å². The van der Waals surface area contributed by atoms with Crippen LogP contribution < -0.4 is 0 Å². The Labute approximate surface area is 83.5 Å². The number of aliphatic hydroxyl groups excluding tert-OH is 1. The van der Waals surface area contributed by atoms with Gasteiger partial charge in [-0.15, -0.1) is 0 Å². The van der Waals surface area contributed by atoms with Crippen LogP contribution in [0.4, 0.5) is 0 Å². The molecule has 0 amide bonds. The van der Waals surface area contributed by atoms with E-state index in [1.807, 2.05) is 0 Å². The second-order valence-electron chi connectivity index (χ2n) is 3.69. The van der Waals surface area contributed by atoms with Gasteiger partial charge in [0.2, 0.25) is 5.78 Å². The van der Waals surface area contributed by atoms with Crippen molar-refractivity contribution in [3.05, 3.63) is 23.1 Å². The summed E-state index contributed by atoms with van der Waals surface area (Å²) in [5.41, 5.74) is 0.756. The van der Waals surface area contributed by atoms with Crippen molar-refractivity contribution in [2.24, 2.45) is 0 Å². The zero-order chi connectivity index (χ0) is 10.9. The fourth-order valence-corrected chi connectivity index (χ4v) is 1.20. The number of carbonyl (C=O) groups is 1. The SMILES string of the molecule is CN(C)/C=C1\C(=O)C(C=[N+](C)C)=C1O. The highest BCUT2D eigenvalue weighted by Crippen LogP contribution is 2.26. The topological polar surface area (TPSA) is 43.5 Å². The second-order valence-corrected chi connectivity index (χ2v) is 3.69. The minimum Gasteiger partial charge on any atom is -0.506 e. The van der Waals surface area contributed by atoms with Crippen LogP contribution in [-0.2, 0) is 4.79 Å². The largest absolute Gasteiger partial charge is 0.506 e. The van der Waals surface area contributed by atoms with Gasteiger partial charge in [-0.25, -0.2) is 4.58 Å². The highest BCUT2D eigenvalue weighted by atomic mass is 16.3. The lowest BCUT2D eigenvalue weighted by atomic mass is 9.89. The molecule has 0 aromatic carbocycles. The molecule has 0 bridgehead atoms. The van der Waals surface area contributed by atoms with Crippen LogP contribution in [0.2, 0.25) is 0 Å². The molecule has 1 aliphatic carbocycles. The second kappa shape index (κ2) is 3.65. The molecule has 1 rings (SSSR count). The molecule has 4 nitrogen and oxygen atoms in total. The lowest BCUT2D eigenvalue weighted by molar-refractivity contribution is -0.458. The van der Waals surface area contributed by atoms with Gasteiger partial charge in [0, 0.05) is 20.3 Å². The molecule has 14 heavy (non-hydrogen) atoms. The average Bonchev–Trinajstić information content (AvgIpc) is 2.09. The summed E-state index contributed by atoms with van der Waals surface area (Å²) >= 11 is 0. The van der Waals surface area contributed by atoms with E-state index in [9.17, 15) is 9.90 Å². The molecule has 0 aliphatic heterocycles. The van der Waals surface area contributed by atoms with Gasteiger partial charge in [0.05, 0.1) is 5.57 Å². The first-order valence-corrected chi connectivity index (χ1v) is 4.31. The van der Waals surface area contributed by atoms with Gasteiger partial charge in [-0.1, -0.05) is 0 Å². The third-order valence-electron chi connectivity index (χ3n) is 1.77. The van der Waals surface area contributed by atoms with Crippen LogP contribution in [0.5, 0.6) is 0 Å². The van der Waals surface area contributed by atoms with Gasteiger partial charge in [-0.3, -0.25) is 4.79 Å². The fourth-order valence-electron chi connectivity index (χ4n) is 1.20. The van der Waals surface area contributed by atoms with Crippen LogP contribution in [0.3, 0.4) is 0 Å². The van der Waals surface area contributed by atoms with Crippen LogP contribution in [0.25, 0.3) is 0 Å². The molecule has 0 saturated carbocycles. The van der Waals surface area contributed by atoms with Crippen molar-refractivity contribution < 1.29 is 14.5 Å². The molecule has 0 aromatic rings. The van der Waals surface area contributed by atoms with E-state index in [-0.39, 0.29) is 11.5 Å². The number of aliphatic hydroxyl groups is 1.